The number of amides is 2. The van der Waals surface area contributed by atoms with Crippen LogP contribution in [0, 0.1) is 0 Å². The molecule has 0 saturated heterocycles. The van der Waals surface area contributed by atoms with Gasteiger partial charge < -0.3 is 19.5 Å². The van der Waals surface area contributed by atoms with Crippen LogP contribution in [0.2, 0.25) is 10.0 Å². The Hall–Kier alpha value is -4.05. The highest BCUT2D eigenvalue weighted by Crippen LogP contribution is 2.30. The minimum absolute atomic E-state index is 0.237. The molecule has 0 spiro atoms. The molecule has 2 atom stereocenters. The quantitative estimate of drug-likeness (QED) is 0.105. The fourth-order valence-electron chi connectivity index (χ4n) is 4.15. The zero-order valence-corrected chi connectivity index (χ0v) is 27.7. The average molecular weight is 713 g/mol. The number of benzene rings is 4. The Morgan fingerprint density at radius 3 is 2.31 bits per heavy atom. The predicted molar refractivity (Wildman–Crippen MR) is 180 cm³/mol. The first-order chi connectivity index (χ1) is 21.7. The summed E-state index contributed by atoms with van der Waals surface area (Å²) in [4.78, 5) is 26.3. The molecule has 0 bridgehead atoms. The first-order valence-corrected chi connectivity index (χ1v) is 15.7. The molecule has 0 heterocycles. The lowest BCUT2D eigenvalue weighted by molar-refractivity contribution is -0.132. The van der Waals surface area contributed by atoms with Crippen LogP contribution >= 0.6 is 39.1 Å². The standard InChI is InChI=1S/C34H32BrCl2N3O5/c1-3-43-32-18-25(11-15-31(32)44-21-24-9-12-26(35)13-10-24)20-38-40-34(42)29(17-23-7-5-4-6-8-23)39-33(41)22(2)45-30-16-14-27(36)19-28(30)37/h4-16,18-20,22,29H,3,17,21H2,1-2H3,(H,39,41)(H,40,42)/b38-20-/t22-,29+/m1/s1. The van der Waals surface area contributed by atoms with Crippen molar-refractivity contribution in [1.82, 2.24) is 10.7 Å². The summed E-state index contributed by atoms with van der Waals surface area (Å²) in [7, 11) is 0. The highest BCUT2D eigenvalue weighted by atomic mass is 79.9. The minimum Gasteiger partial charge on any atom is -0.490 e. The highest BCUT2D eigenvalue weighted by molar-refractivity contribution is 9.10. The Balaban J connectivity index is 1.41. The predicted octanol–water partition coefficient (Wildman–Crippen LogP) is 7.38. The van der Waals surface area contributed by atoms with Gasteiger partial charge in [0.1, 0.15) is 18.4 Å². The summed E-state index contributed by atoms with van der Waals surface area (Å²) < 4.78 is 18.5. The van der Waals surface area contributed by atoms with Crippen molar-refractivity contribution < 1.29 is 23.8 Å². The molecule has 4 rings (SSSR count). The van der Waals surface area contributed by atoms with Gasteiger partial charge in [0, 0.05) is 15.9 Å². The Bertz CT molecular complexity index is 1620. The van der Waals surface area contributed by atoms with E-state index in [1.807, 2.05) is 61.5 Å². The minimum atomic E-state index is -0.945. The van der Waals surface area contributed by atoms with Crippen LogP contribution in [0.3, 0.4) is 0 Å². The molecule has 0 aliphatic carbocycles. The van der Waals surface area contributed by atoms with Crippen LogP contribution in [0.1, 0.15) is 30.5 Å². The summed E-state index contributed by atoms with van der Waals surface area (Å²) in [6, 6.07) is 26.4. The Morgan fingerprint density at radius 1 is 0.867 bits per heavy atom. The van der Waals surface area contributed by atoms with Gasteiger partial charge in [-0.15, -0.1) is 0 Å². The van der Waals surface area contributed by atoms with E-state index in [0.717, 1.165) is 15.6 Å². The third-order valence-electron chi connectivity index (χ3n) is 6.45. The van der Waals surface area contributed by atoms with E-state index in [1.54, 1.807) is 37.3 Å². The topological polar surface area (TPSA) is 98.2 Å². The van der Waals surface area contributed by atoms with E-state index >= 15 is 0 Å². The normalized spacial score (nSPS) is 12.3. The van der Waals surface area contributed by atoms with Crippen LogP contribution in [0.5, 0.6) is 17.2 Å². The van der Waals surface area contributed by atoms with Crippen molar-refractivity contribution in [3.05, 3.63) is 122 Å². The SMILES string of the molecule is CCOc1cc(/C=N\NC(=O)[C@H](Cc2ccccc2)NC(=O)[C@@H](C)Oc2ccc(Cl)cc2Cl)ccc1OCc1ccc(Br)cc1. The van der Waals surface area contributed by atoms with Crippen molar-refractivity contribution in [2.24, 2.45) is 5.10 Å². The fraction of sp³-hybridized carbons (Fsp3) is 0.206. The number of ether oxygens (including phenoxy) is 3. The molecule has 234 valence electrons. The Morgan fingerprint density at radius 2 is 1.60 bits per heavy atom. The van der Waals surface area contributed by atoms with Crippen molar-refractivity contribution >= 4 is 57.2 Å². The van der Waals surface area contributed by atoms with Crippen molar-refractivity contribution in [2.45, 2.75) is 39.0 Å². The van der Waals surface area contributed by atoms with Crippen molar-refractivity contribution in [3.63, 3.8) is 0 Å². The van der Waals surface area contributed by atoms with Crippen LogP contribution in [-0.2, 0) is 22.6 Å². The molecular formula is C34H32BrCl2N3O5. The summed E-state index contributed by atoms with van der Waals surface area (Å²) in [6.07, 6.45) is 0.787. The number of halogens is 3. The first-order valence-electron chi connectivity index (χ1n) is 14.1. The van der Waals surface area contributed by atoms with Gasteiger partial charge in [-0.05, 0) is 79.1 Å². The second-order valence-corrected chi connectivity index (χ2v) is 11.6. The number of nitrogens with zero attached hydrogens (tertiary/aromatic N) is 1. The van der Waals surface area contributed by atoms with Crippen LogP contribution < -0.4 is 25.0 Å². The molecule has 2 N–H and O–H groups in total. The average Bonchev–Trinajstić information content (AvgIpc) is 3.03. The maximum Gasteiger partial charge on any atom is 0.262 e. The molecule has 11 heteroatoms. The molecule has 0 aliphatic heterocycles. The zero-order valence-electron chi connectivity index (χ0n) is 24.6. The molecule has 4 aromatic carbocycles. The van der Waals surface area contributed by atoms with Gasteiger partial charge in [0.05, 0.1) is 17.8 Å². The summed E-state index contributed by atoms with van der Waals surface area (Å²) in [5, 5.41) is 7.62. The smallest absolute Gasteiger partial charge is 0.262 e. The molecule has 0 unspecified atom stereocenters. The second-order valence-electron chi connectivity index (χ2n) is 9.87. The van der Waals surface area contributed by atoms with E-state index in [2.05, 4.69) is 31.8 Å². The third kappa shape index (κ3) is 10.5. The largest absolute Gasteiger partial charge is 0.490 e. The number of nitrogens with one attached hydrogen (secondary N) is 2. The van der Waals surface area contributed by atoms with Gasteiger partial charge in [0.2, 0.25) is 0 Å². The van der Waals surface area contributed by atoms with E-state index in [9.17, 15) is 9.59 Å². The summed E-state index contributed by atoms with van der Waals surface area (Å²) >= 11 is 15.6. The molecule has 2 amide bonds. The third-order valence-corrected chi connectivity index (χ3v) is 7.51. The number of carbonyl (C=O) groups excluding carboxylic acids is 2. The van der Waals surface area contributed by atoms with E-state index in [0.29, 0.717) is 41.0 Å². The van der Waals surface area contributed by atoms with Crippen LogP contribution in [0.4, 0.5) is 0 Å². The maximum atomic E-state index is 13.2. The lowest BCUT2D eigenvalue weighted by Gasteiger charge is -2.21. The summed E-state index contributed by atoms with van der Waals surface area (Å²) in [6.45, 7) is 4.27. The van der Waals surface area contributed by atoms with Crippen LogP contribution in [-0.4, -0.2) is 36.8 Å². The van der Waals surface area contributed by atoms with E-state index < -0.39 is 24.0 Å². The molecular weight excluding hydrogens is 681 g/mol. The molecule has 8 nitrogen and oxygen atoms in total. The first kappa shape index (κ1) is 33.8. The molecule has 0 fully saturated rings. The van der Waals surface area contributed by atoms with Crippen molar-refractivity contribution in [1.29, 1.82) is 0 Å². The lowest BCUT2D eigenvalue weighted by Crippen LogP contribution is -2.50. The van der Waals surface area contributed by atoms with E-state index in [1.165, 1.54) is 12.3 Å². The summed E-state index contributed by atoms with van der Waals surface area (Å²) in [5.41, 5.74) is 5.09. The number of rotatable bonds is 14. The molecule has 0 aromatic heterocycles. The Kier molecular flexibility index (Phi) is 12.7. The van der Waals surface area contributed by atoms with E-state index in [4.69, 9.17) is 37.4 Å². The maximum absolute atomic E-state index is 13.2. The van der Waals surface area contributed by atoms with Crippen molar-refractivity contribution in [3.8, 4) is 17.2 Å². The second kappa shape index (κ2) is 16.9. The van der Waals surface area contributed by atoms with Crippen molar-refractivity contribution in [2.75, 3.05) is 6.61 Å². The van der Waals surface area contributed by atoms with Gasteiger partial charge in [-0.1, -0.05) is 81.6 Å². The van der Waals surface area contributed by atoms with Gasteiger partial charge in [-0.3, -0.25) is 9.59 Å². The highest BCUT2D eigenvalue weighted by Gasteiger charge is 2.25. The Labute approximate surface area is 280 Å². The number of hydrogen-bond donors (Lipinski definition) is 2. The summed E-state index contributed by atoms with van der Waals surface area (Å²) in [5.74, 6) is 0.436. The fourth-order valence-corrected chi connectivity index (χ4v) is 4.86. The van der Waals surface area contributed by atoms with Gasteiger partial charge >= 0.3 is 0 Å². The lowest BCUT2D eigenvalue weighted by atomic mass is 10.1. The van der Waals surface area contributed by atoms with Gasteiger partial charge in [-0.2, -0.15) is 5.10 Å². The molecule has 0 radical (unpaired) electrons. The van der Waals surface area contributed by atoms with Crippen LogP contribution in [0.25, 0.3) is 0 Å². The van der Waals surface area contributed by atoms with Crippen LogP contribution in [0.15, 0.2) is 101 Å². The van der Waals surface area contributed by atoms with E-state index in [-0.39, 0.29) is 11.4 Å². The number of hydrazone groups is 1. The number of hydrogen-bond acceptors (Lipinski definition) is 6. The van der Waals surface area contributed by atoms with Gasteiger partial charge in [0.15, 0.2) is 17.6 Å². The van der Waals surface area contributed by atoms with Gasteiger partial charge in [-0.25, -0.2) is 5.43 Å². The molecule has 0 saturated carbocycles. The molecule has 0 aliphatic rings. The monoisotopic (exact) mass is 711 g/mol. The van der Waals surface area contributed by atoms with Gasteiger partial charge in [0.25, 0.3) is 11.8 Å². The number of carbonyl (C=O) groups is 2. The zero-order chi connectivity index (χ0) is 32.2. The molecule has 45 heavy (non-hydrogen) atoms. The molecule has 4 aromatic rings.